The second kappa shape index (κ2) is 8.75. The fourth-order valence-electron chi connectivity index (χ4n) is 4.28. The molecule has 3 aromatic heterocycles. The third-order valence-electron chi connectivity index (χ3n) is 5.70. The molecule has 6 nitrogen and oxygen atoms in total. The van der Waals surface area contributed by atoms with Crippen molar-refractivity contribution in [1.82, 2.24) is 14.5 Å². The zero-order chi connectivity index (χ0) is 24.9. The number of aliphatic carboxylic acids is 1. The predicted molar refractivity (Wildman–Crippen MR) is 141 cm³/mol. The van der Waals surface area contributed by atoms with Gasteiger partial charge >= 0.3 is 5.97 Å². The number of pyridine rings is 1. The maximum atomic E-state index is 12.5. The number of hydrogen-bond acceptors (Lipinski definition) is 5. The number of hydrogen-bond donors (Lipinski definition) is 1. The minimum Gasteiger partial charge on any atom is -0.479 e. The molecule has 0 fully saturated rings. The van der Waals surface area contributed by atoms with Gasteiger partial charge in [-0.1, -0.05) is 35.1 Å². The lowest BCUT2D eigenvalue weighted by Crippen LogP contribution is -2.28. The Labute approximate surface area is 211 Å². The number of ether oxygens (including phenoxy) is 1. The molecule has 0 saturated carbocycles. The van der Waals surface area contributed by atoms with E-state index < -0.39 is 17.7 Å². The summed E-state index contributed by atoms with van der Waals surface area (Å²) >= 11 is 7.69. The Morgan fingerprint density at radius 2 is 1.91 bits per heavy atom. The lowest BCUT2D eigenvalue weighted by atomic mass is 9.91. The highest BCUT2D eigenvalue weighted by molar-refractivity contribution is 7.21. The molecule has 5 aromatic rings. The van der Waals surface area contributed by atoms with Crippen LogP contribution in [0.25, 0.3) is 37.4 Å². The van der Waals surface area contributed by atoms with Gasteiger partial charge < -0.3 is 9.84 Å². The molecule has 178 valence electrons. The predicted octanol–water partition coefficient (Wildman–Crippen LogP) is 7.20. The molecular formula is C27H24ClN3O3S. The summed E-state index contributed by atoms with van der Waals surface area (Å²) in [5.41, 5.74) is 4.24. The number of aryl methyl sites for hydroxylation is 1. The number of carbonyl (C=O) groups is 1. The summed E-state index contributed by atoms with van der Waals surface area (Å²) in [5, 5.41) is 12.6. The molecule has 5 rings (SSSR count). The highest BCUT2D eigenvalue weighted by atomic mass is 35.5. The maximum Gasteiger partial charge on any atom is 0.337 e. The van der Waals surface area contributed by atoms with Crippen molar-refractivity contribution >= 4 is 50.0 Å². The number of aromatic nitrogens is 3. The molecule has 2 aromatic carbocycles. The first-order valence-corrected chi connectivity index (χ1v) is 12.3. The number of rotatable bonds is 5. The van der Waals surface area contributed by atoms with Crippen molar-refractivity contribution in [1.29, 1.82) is 0 Å². The lowest BCUT2D eigenvalue weighted by molar-refractivity contribution is -0.160. The van der Waals surface area contributed by atoms with Gasteiger partial charge in [0.1, 0.15) is 0 Å². The first kappa shape index (κ1) is 23.5. The van der Waals surface area contributed by atoms with Crippen molar-refractivity contribution in [2.45, 2.75) is 39.4 Å². The van der Waals surface area contributed by atoms with Crippen molar-refractivity contribution in [2.75, 3.05) is 0 Å². The number of fused-ring (bicyclic) bond motifs is 2. The summed E-state index contributed by atoms with van der Waals surface area (Å²) in [6, 6.07) is 13.3. The standard InChI is InChI=1S/C27H24ClN3O3S/c1-15-13-19-24(35-26(30-19)31-12-10-17-14-29-11-9-20(17)31)22(16-5-7-18(28)8-6-16)21(15)23(25(32)33)34-27(2,3)4/h5-14,23H,1-4H3,(H,32,33). The lowest BCUT2D eigenvalue weighted by Gasteiger charge is -2.28. The zero-order valence-electron chi connectivity index (χ0n) is 19.7. The van der Waals surface area contributed by atoms with E-state index in [0.29, 0.717) is 10.6 Å². The monoisotopic (exact) mass is 505 g/mol. The van der Waals surface area contributed by atoms with E-state index in [2.05, 4.69) is 4.98 Å². The molecule has 0 bridgehead atoms. The molecule has 3 heterocycles. The van der Waals surface area contributed by atoms with E-state index in [-0.39, 0.29) is 0 Å². The van der Waals surface area contributed by atoms with E-state index in [0.717, 1.165) is 42.9 Å². The van der Waals surface area contributed by atoms with E-state index in [1.54, 1.807) is 6.20 Å². The van der Waals surface area contributed by atoms with E-state index in [9.17, 15) is 9.90 Å². The molecule has 35 heavy (non-hydrogen) atoms. The Morgan fingerprint density at radius 3 is 2.60 bits per heavy atom. The van der Waals surface area contributed by atoms with Crippen LogP contribution in [0, 0.1) is 6.92 Å². The van der Waals surface area contributed by atoms with Gasteiger partial charge in [0.2, 0.25) is 0 Å². The molecule has 1 atom stereocenters. The van der Waals surface area contributed by atoms with E-state index in [1.807, 2.05) is 87.1 Å². The molecule has 0 aliphatic rings. The Morgan fingerprint density at radius 1 is 1.17 bits per heavy atom. The van der Waals surface area contributed by atoms with Gasteiger partial charge in [-0.3, -0.25) is 9.55 Å². The number of carboxylic acids is 1. The molecule has 1 N–H and O–H groups in total. The van der Waals surface area contributed by atoms with Crippen molar-refractivity contribution in [2.24, 2.45) is 0 Å². The van der Waals surface area contributed by atoms with Crippen molar-refractivity contribution in [3.8, 4) is 16.3 Å². The molecule has 1 unspecified atom stereocenters. The zero-order valence-corrected chi connectivity index (χ0v) is 21.3. The van der Waals surface area contributed by atoms with E-state index in [1.165, 1.54) is 11.3 Å². The quantitative estimate of drug-likeness (QED) is 0.273. The summed E-state index contributed by atoms with van der Waals surface area (Å²) in [5.74, 6) is -1.04. The third kappa shape index (κ3) is 4.43. The van der Waals surface area contributed by atoms with Gasteiger partial charge in [0.05, 0.1) is 21.3 Å². The normalized spacial score (nSPS) is 12.9. The Hall–Kier alpha value is -3.26. The second-order valence-corrected chi connectivity index (χ2v) is 10.8. The van der Waals surface area contributed by atoms with Crippen LogP contribution < -0.4 is 0 Å². The van der Waals surface area contributed by atoms with Crippen LogP contribution in [-0.2, 0) is 9.53 Å². The molecule has 0 amide bonds. The van der Waals surface area contributed by atoms with Crippen LogP contribution in [0.15, 0.2) is 61.1 Å². The van der Waals surface area contributed by atoms with Crippen molar-refractivity contribution in [3.63, 3.8) is 0 Å². The second-order valence-electron chi connectivity index (χ2n) is 9.40. The SMILES string of the molecule is Cc1cc2nc(-n3ccc4cnccc43)sc2c(-c2ccc(Cl)cc2)c1C(OC(C)(C)C)C(=O)O. The number of carboxylic acid groups (broad SMARTS) is 1. The van der Waals surface area contributed by atoms with Crippen LogP contribution in [0.5, 0.6) is 0 Å². The Balaban J connectivity index is 1.81. The van der Waals surface area contributed by atoms with Gasteiger partial charge in [-0.05, 0) is 69.2 Å². The van der Waals surface area contributed by atoms with Crippen LogP contribution in [-0.4, -0.2) is 31.2 Å². The van der Waals surface area contributed by atoms with Crippen LogP contribution in [0.3, 0.4) is 0 Å². The van der Waals surface area contributed by atoms with Crippen LogP contribution in [0.1, 0.15) is 38.0 Å². The topological polar surface area (TPSA) is 77.2 Å². The van der Waals surface area contributed by atoms with E-state index >= 15 is 0 Å². The molecular weight excluding hydrogens is 482 g/mol. The van der Waals surface area contributed by atoms with Crippen molar-refractivity contribution in [3.05, 3.63) is 77.2 Å². The summed E-state index contributed by atoms with van der Waals surface area (Å²) in [6.07, 6.45) is 4.41. The summed E-state index contributed by atoms with van der Waals surface area (Å²) in [6.45, 7) is 7.48. The van der Waals surface area contributed by atoms with Crippen LogP contribution in [0.2, 0.25) is 5.02 Å². The number of halogens is 1. The van der Waals surface area contributed by atoms with Crippen LogP contribution in [0.4, 0.5) is 0 Å². The first-order chi connectivity index (χ1) is 16.6. The highest BCUT2D eigenvalue weighted by Crippen LogP contribution is 2.43. The molecule has 0 radical (unpaired) electrons. The molecule has 0 aliphatic heterocycles. The number of benzene rings is 2. The van der Waals surface area contributed by atoms with Crippen molar-refractivity contribution < 1.29 is 14.6 Å². The maximum absolute atomic E-state index is 12.5. The van der Waals surface area contributed by atoms with Gasteiger partial charge in [-0.15, -0.1) is 0 Å². The summed E-state index contributed by atoms with van der Waals surface area (Å²) < 4.78 is 9.01. The molecule has 8 heteroatoms. The third-order valence-corrected chi connectivity index (χ3v) is 7.04. The number of thiazole rings is 1. The first-order valence-electron chi connectivity index (χ1n) is 11.1. The average Bonchev–Trinajstić information content (AvgIpc) is 3.40. The summed E-state index contributed by atoms with van der Waals surface area (Å²) in [7, 11) is 0. The van der Waals surface area contributed by atoms with Gasteiger partial charge in [0.25, 0.3) is 0 Å². The fraction of sp³-hybridized carbons (Fsp3) is 0.222. The Kier molecular flexibility index (Phi) is 5.87. The highest BCUT2D eigenvalue weighted by Gasteiger charge is 2.32. The van der Waals surface area contributed by atoms with E-state index in [4.69, 9.17) is 21.3 Å². The fourth-order valence-corrected chi connectivity index (χ4v) is 5.53. The smallest absolute Gasteiger partial charge is 0.337 e. The van der Waals surface area contributed by atoms with Gasteiger partial charge in [0.15, 0.2) is 11.2 Å². The largest absolute Gasteiger partial charge is 0.479 e. The molecule has 0 aliphatic carbocycles. The van der Waals surface area contributed by atoms with Gasteiger partial charge in [-0.2, -0.15) is 0 Å². The van der Waals surface area contributed by atoms with Gasteiger partial charge in [-0.25, -0.2) is 9.78 Å². The Bertz CT molecular complexity index is 1560. The molecule has 0 spiro atoms. The minimum absolute atomic E-state index is 0.609. The average molecular weight is 506 g/mol. The number of nitrogens with zero attached hydrogens (tertiary/aromatic N) is 3. The van der Waals surface area contributed by atoms with Crippen LogP contribution >= 0.6 is 22.9 Å². The molecule has 0 saturated heterocycles. The van der Waals surface area contributed by atoms with Gasteiger partial charge in [0, 0.05) is 40.1 Å². The minimum atomic E-state index is -1.14. The summed E-state index contributed by atoms with van der Waals surface area (Å²) in [4.78, 5) is 21.6.